The van der Waals surface area contributed by atoms with Crippen LogP contribution < -0.4 is 10.1 Å². The lowest BCUT2D eigenvalue weighted by molar-refractivity contribution is 0.0636. The van der Waals surface area contributed by atoms with Gasteiger partial charge < -0.3 is 9.47 Å². The summed E-state index contributed by atoms with van der Waals surface area (Å²) in [6.45, 7) is 7.53. The maximum Gasteiger partial charge on any atom is 0.412 e. The Bertz CT molecular complexity index is 444. The smallest absolute Gasteiger partial charge is 0.412 e. The standard InChI is InChI=1S/C13H19FN2O3/c1-5-6-18-11-10(14)7-9(8-15-11)16-12(17)19-13(2,3)4/h7-8H,5-6H2,1-4H3,(H,16,17). The predicted molar refractivity (Wildman–Crippen MR) is 69.8 cm³/mol. The van der Waals surface area contributed by atoms with Crippen LogP contribution in [0.3, 0.4) is 0 Å². The molecule has 0 fully saturated rings. The molecule has 1 amide bonds. The van der Waals surface area contributed by atoms with Crippen LogP contribution in [0.2, 0.25) is 0 Å². The zero-order valence-electron chi connectivity index (χ0n) is 11.6. The molecule has 0 atom stereocenters. The summed E-state index contributed by atoms with van der Waals surface area (Å²) in [6.07, 6.45) is 1.42. The van der Waals surface area contributed by atoms with Gasteiger partial charge in [0.05, 0.1) is 18.5 Å². The van der Waals surface area contributed by atoms with Crippen molar-refractivity contribution in [1.82, 2.24) is 4.98 Å². The molecule has 0 saturated heterocycles. The fourth-order valence-corrected chi connectivity index (χ4v) is 1.22. The highest BCUT2D eigenvalue weighted by Gasteiger charge is 2.17. The van der Waals surface area contributed by atoms with Crippen molar-refractivity contribution in [3.05, 3.63) is 18.1 Å². The van der Waals surface area contributed by atoms with Crippen LogP contribution in [-0.4, -0.2) is 23.3 Å². The van der Waals surface area contributed by atoms with Crippen molar-refractivity contribution in [3.8, 4) is 5.88 Å². The van der Waals surface area contributed by atoms with E-state index >= 15 is 0 Å². The minimum absolute atomic E-state index is 0.0726. The van der Waals surface area contributed by atoms with Gasteiger partial charge in [0.25, 0.3) is 5.88 Å². The van der Waals surface area contributed by atoms with Crippen molar-refractivity contribution in [3.63, 3.8) is 0 Å². The number of aromatic nitrogens is 1. The Morgan fingerprint density at radius 1 is 1.47 bits per heavy atom. The van der Waals surface area contributed by atoms with Gasteiger partial charge in [-0.3, -0.25) is 5.32 Å². The first-order chi connectivity index (χ1) is 8.81. The summed E-state index contributed by atoms with van der Waals surface area (Å²) in [7, 11) is 0. The molecule has 0 bridgehead atoms. The largest absolute Gasteiger partial charge is 0.476 e. The maximum absolute atomic E-state index is 13.6. The predicted octanol–water partition coefficient (Wildman–Crippen LogP) is 3.36. The van der Waals surface area contributed by atoms with E-state index in [9.17, 15) is 9.18 Å². The Morgan fingerprint density at radius 3 is 2.68 bits per heavy atom. The van der Waals surface area contributed by atoms with Crippen LogP contribution in [0.25, 0.3) is 0 Å². The number of nitrogens with zero attached hydrogens (tertiary/aromatic N) is 1. The molecule has 0 unspecified atom stereocenters. The zero-order chi connectivity index (χ0) is 14.5. The fraction of sp³-hybridized carbons (Fsp3) is 0.538. The van der Waals surface area contributed by atoms with Crippen LogP contribution in [0.15, 0.2) is 12.3 Å². The first-order valence-electron chi connectivity index (χ1n) is 6.10. The van der Waals surface area contributed by atoms with Gasteiger partial charge in [-0.15, -0.1) is 0 Å². The number of halogens is 1. The van der Waals surface area contributed by atoms with E-state index in [-0.39, 0.29) is 11.6 Å². The fourth-order valence-electron chi connectivity index (χ4n) is 1.22. The normalized spacial score (nSPS) is 11.0. The van der Waals surface area contributed by atoms with Gasteiger partial charge >= 0.3 is 6.09 Å². The maximum atomic E-state index is 13.6. The number of nitrogens with one attached hydrogen (secondary N) is 1. The van der Waals surface area contributed by atoms with Gasteiger partial charge in [0.1, 0.15) is 5.60 Å². The van der Waals surface area contributed by atoms with Crippen molar-refractivity contribution >= 4 is 11.8 Å². The lowest BCUT2D eigenvalue weighted by atomic mass is 10.2. The second-order valence-corrected chi connectivity index (χ2v) is 4.99. The molecule has 0 aliphatic carbocycles. The number of ether oxygens (including phenoxy) is 2. The van der Waals surface area contributed by atoms with Crippen molar-refractivity contribution in [2.24, 2.45) is 0 Å². The summed E-state index contributed by atoms with van der Waals surface area (Å²) < 4.78 is 23.7. The van der Waals surface area contributed by atoms with E-state index in [4.69, 9.17) is 9.47 Å². The number of hydrogen-bond acceptors (Lipinski definition) is 4. The van der Waals surface area contributed by atoms with Crippen molar-refractivity contribution in [2.75, 3.05) is 11.9 Å². The van der Waals surface area contributed by atoms with E-state index in [1.807, 2.05) is 6.92 Å². The molecular weight excluding hydrogens is 251 g/mol. The lowest BCUT2D eigenvalue weighted by Gasteiger charge is -2.19. The topological polar surface area (TPSA) is 60.5 Å². The number of carbonyl (C=O) groups excluding carboxylic acids is 1. The minimum atomic E-state index is -0.657. The molecule has 0 saturated carbocycles. The van der Waals surface area contributed by atoms with Gasteiger partial charge in [0.15, 0.2) is 5.82 Å². The molecule has 1 N–H and O–H groups in total. The van der Waals surface area contributed by atoms with E-state index in [1.54, 1.807) is 20.8 Å². The van der Waals surface area contributed by atoms with Gasteiger partial charge in [-0.2, -0.15) is 0 Å². The molecular formula is C13H19FN2O3. The highest BCUT2D eigenvalue weighted by Crippen LogP contribution is 2.18. The monoisotopic (exact) mass is 270 g/mol. The quantitative estimate of drug-likeness (QED) is 0.911. The minimum Gasteiger partial charge on any atom is -0.476 e. The average Bonchev–Trinajstić information content (AvgIpc) is 2.25. The molecule has 1 aromatic rings. The van der Waals surface area contributed by atoms with Crippen molar-refractivity contribution in [2.45, 2.75) is 39.7 Å². The molecule has 6 heteroatoms. The molecule has 1 heterocycles. The van der Waals surface area contributed by atoms with Crippen LogP contribution in [0, 0.1) is 5.82 Å². The molecule has 19 heavy (non-hydrogen) atoms. The van der Waals surface area contributed by atoms with Crippen molar-refractivity contribution < 1.29 is 18.7 Å². The number of rotatable bonds is 4. The summed E-state index contributed by atoms with van der Waals surface area (Å²) >= 11 is 0. The molecule has 0 aromatic carbocycles. The molecule has 1 aromatic heterocycles. The first kappa shape index (κ1) is 15.2. The van der Waals surface area contributed by atoms with Gasteiger partial charge in [0, 0.05) is 6.07 Å². The molecule has 1 rings (SSSR count). The van der Waals surface area contributed by atoms with Crippen LogP contribution in [0.1, 0.15) is 34.1 Å². The number of pyridine rings is 1. The first-order valence-corrected chi connectivity index (χ1v) is 6.10. The third kappa shape index (κ3) is 5.54. The van der Waals surface area contributed by atoms with Gasteiger partial charge in [0.2, 0.25) is 0 Å². The van der Waals surface area contributed by atoms with E-state index in [0.717, 1.165) is 12.5 Å². The second-order valence-electron chi connectivity index (χ2n) is 4.99. The molecule has 0 aliphatic heterocycles. The average molecular weight is 270 g/mol. The molecule has 0 spiro atoms. The van der Waals surface area contributed by atoms with Gasteiger partial charge in [-0.1, -0.05) is 6.92 Å². The summed E-state index contributed by atoms with van der Waals surface area (Å²) in [6, 6.07) is 1.14. The second kappa shape index (κ2) is 6.36. The number of amides is 1. The third-order valence-corrected chi connectivity index (χ3v) is 1.90. The van der Waals surface area contributed by atoms with Crippen LogP contribution in [0.5, 0.6) is 5.88 Å². The van der Waals surface area contributed by atoms with Gasteiger partial charge in [-0.25, -0.2) is 14.2 Å². The number of hydrogen-bond donors (Lipinski definition) is 1. The van der Waals surface area contributed by atoms with Crippen LogP contribution in [-0.2, 0) is 4.74 Å². The highest BCUT2D eigenvalue weighted by atomic mass is 19.1. The number of anilines is 1. The summed E-state index contributed by atoms with van der Waals surface area (Å²) in [4.78, 5) is 15.3. The Labute approximate surface area is 112 Å². The Balaban J connectivity index is 2.65. The van der Waals surface area contributed by atoms with Crippen LogP contribution in [0.4, 0.5) is 14.9 Å². The van der Waals surface area contributed by atoms with Crippen molar-refractivity contribution in [1.29, 1.82) is 0 Å². The molecule has 106 valence electrons. The van der Waals surface area contributed by atoms with E-state index < -0.39 is 17.5 Å². The highest BCUT2D eigenvalue weighted by molar-refractivity contribution is 5.84. The lowest BCUT2D eigenvalue weighted by Crippen LogP contribution is -2.27. The summed E-state index contributed by atoms with van der Waals surface area (Å²) in [5, 5.41) is 2.40. The van der Waals surface area contributed by atoms with E-state index in [1.165, 1.54) is 6.20 Å². The molecule has 5 nitrogen and oxygen atoms in total. The Morgan fingerprint density at radius 2 is 2.16 bits per heavy atom. The molecule has 0 radical (unpaired) electrons. The van der Waals surface area contributed by atoms with Crippen LogP contribution >= 0.6 is 0 Å². The molecule has 0 aliphatic rings. The Hall–Kier alpha value is -1.85. The summed E-state index contributed by atoms with van der Waals surface area (Å²) in [5.41, 5.74) is -0.393. The summed E-state index contributed by atoms with van der Waals surface area (Å²) in [5.74, 6) is -0.696. The SMILES string of the molecule is CCCOc1ncc(NC(=O)OC(C)(C)C)cc1F. The Kier molecular flexibility index (Phi) is 5.09. The van der Waals surface area contributed by atoms with Gasteiger partial charge in [-0.05, 0) is 27.2 Å². The van der Waals surface area contributed by atoms with E-state index in [0.29, 0.717) is 6.61 Å². The zero-order valence-corrected chi connectivity index (χ0v) is 11.6. The third-order valence-electron chi connectivity index (χ3n) is 1.90. The number of carbonyl (C=O) groups is 1. The van der Waals surface area contributed by atoms with E-state index in [2.05, 4.69) is 10.3 Å².